The number of nitrogens with two attached hydrogens (primary N) is 1. The van der Waals surface area contributed by atoms with Gasteiger partial charge in [0.1, 0.15) is 0 Å². The zero-order chi connectivity index (χ0) is 8.41. The maximum atomic E-state index is 5.99. The molecule has 0 saturated heterocycles. The molecule has 0 saturated carbocycles. The van der Waals surface area contributed by atoms with E-state index in [1.165, 1.54) is 0 Å². The van der Waals surface area contributed by atoms with Crippen molar-refractivity contribution in [3.8, 4) is 0 Å². The SMILES string of the molecule is CSC(C)(SC)C(C)(C)N. The first-order valence-electron chi connectivity index (χ1n) is 3.26. The fourth-order valence-corrected chi connectivity index (χ4v) is 2.33. The second-order valence-electron chi connectivity index (χ2n) is 3.08. The van der Waals surface area contributed by atoms with E-state index in [2.05, 4.69) is 33.3 Å². The summed E-state index contributed by atoms with van der Waals surface area (Å²) in [4.78, 5) is 0. The van der Waals surface area contributed by atoms with E-state index in [4.69, 9.17) is 5.73 Å². The van der Waals surface area contributed by atoms with Gasteiger partial charge < -0.3 is 5.73 Å². The Balaban J connectivity index is 4.33. The van der Waals surface area contributed by atoms with Gasteiger partial charge in [0.25, 0.3) is 0 Å². The summed E-state index contributed by atoms with van der Waals surface area (Å²) >= 11 is 3.63. The third-order valence-electron chi connectivity index (χ3n) is 1.95. The third-order valence-corrected chi connectivity index (χ3v) is 5.56. The summed E-state index contributed by atoms with van der Waals surface area (Å²) in [5.41, 5.74) is 5.87. The molecule has 0 aliphatic heterocycles. The predicted octanol–water partition coefficient (Wildman–Crippen LogP) is 2.17. The molecule has 2 N–H and O–H groups in total. The molecule has 1 nitrogen and oxygen atoms in total. The maximum absolute atomic E-state index is 5.99. The van der Waals surface area contributed by atoms with Crippen LogP contribution in [0.5, 0.6) is 0 Å². The molecular weight excluding hydrogens is 162 g/mol. The molecule has 10 heavy (non-hydrogen) atoms. The molecule has 62 valence electrons. The topological polar surface area (TPSA) is 26.0 Å². The van der Waals surface area contributed by atoms with Crippen molar-refractivity contribution in [3.63, 3.8) is 0 Å². The van der Waals surface area contributed by atoms with Crippen LogP contribution < -0.4 is 5.73 Å². The Morgan fingerprint density at radius 1 is 1.00 bits per heavy atom. The molecule has 0 aromatic heterocycles. The second kappa shape index (κ2) is 3.37. The summed E-state index contributed by atoms with van der Waals surface area (Å²) in [6, 6.07) is 0. The normalized spacial score (nSPS) is 13.8. The van der Waals surface area contributed by atoms with Gasteiger partial charge >= 0.3 is 0 Å². The highest BCUT2D eigenvalue weighted by molar-refractivity contribution is 8.17. The molecule has 0 radical (unpaired) electrons. The van der Waals surface area contributed by atoms with Gasteiger partial charge in [0, 0.05) is 5.54 Å². The lowest BCUT2D eigenvalue weighted by Crippen LogP contribution is -2.49. The van der Waals surface area contributed by atoms with Crippen LogP contribution in [0.2, 0.25) is 0 Å². The average molecular weight is 179 g/mol. The van der Waals surface area contributed by atoms with Gasteiger partial charge in [0.05, 0.1) is 4.08 Å². The summed E-state index contributed by atoms with van der Waals surface area (Å²) in [7, 11) is 0. The lowest BCUT2D eigenvalue weighted by Gasteiger charge is -2.38. The van der Waals surface area contributed by atoms with E-state index >= 15 is 0 Å². The Kier molecular flexibility index (Phi) is 3.59. The molecule has 0 rings (SSSR count). The van der Waals surface area contributed by atoms with Crippen LogP contribution in [0.3, 0.4) is 0 Å². The smallest absolute Gasteiger partial charge is 0.0750 e. The van der Waals surface area contributed by atoms with Crippen molar-refractivity contribution < 1.29 is 0 Å². The van der Waals surface area contributed by atoms with Crippen molar-refractivity contribution >= 4 is 23.5 Å². The summed E-state index contributed by atoms with van der Waals surface area (Å²) in [6.07, 6.45) is 4.20. The highest BCUT2D eigenvalue weighted by Gasteiger charge is 2.36. The second-order valence-corrected chi connectivity index (χ2v) is 5.78. The first-order chi connectivity index (χ1) is 4.37. The molecule has 0 amide bonds. The summed E-state index contributed by atoms with van der Waals surface area (Å²) < 4.78 is 0.132. The van der Waals surface area contributed by atoms with Crippen LogP contribution in [0.1, 0.15) is 20.8 Å². The van der Waals surface area contributed by atoms with Crippen LogP contribution >= 0.6 is 23.5 Å². The fourth-order valence-electron chi connectivity index (χ4n) is 0.609. The third kappa shape index (κ3) is 2.07. The van der Waals surface area contributed by atoms with Crippen molar-refractivity contribution in [3.05, 3.63) is 0 Å². The number of hydrogen-bond acceptors (Lipinski definition) is 3. The zero-order valence-electron chi connectivity index (χ0n) is 7.39. The summed E-state index contributed by atoms with van der Waals surface area (Å²) in [5, 5.41) is 0. The fraction of sp³-hybridized carbons (Fsp3) is 1.00. The highest BCUT2D eigenvalue weighted by Crippen LogP contribution is 2.41. The van der Waals surface area contributed by atoms with E-state index in [0.717, 1.165) is 0 Å². The van der Waals surface area contributed by atoms with Gasteiger partial charge in [-0.2, -0.15) is 0 Å². The van der Waals surface area contributed by atoms with Gasteiger partial charge in [0.15, 0.2) is 0 Å². The molecule has 0 unspecified atom stereocenters. The molecule has 3 heteroatoms. The van der Waals surface area contributed by atoms with E-state index in [1.54, 1.807) is 0 Å². The van der Waals surface area contributed by atoms with Gasteiger partial charge in [-0.3, -0.25) is 0 Å². The molecule has 0 aliphatic rings. The molecule has 0 aromatic rings. The van der Waals surface area contributed by atoms with Crippen LogP contribution in [0, 0.1) is 0 Å². The number of hydrogen-bond donors (Lipinski definition) is 1. The number of rotatable bonds is 3. The van der Waals surface area contributed by atoms with Crippen LogP contribution in [0.15, 0.2) is 0 Å². The van der Waals surface area contributed by atoms with Crippen LogP contribution in [-0.4, -0.2) is 22.1 Å². The largest absolute Gasteiger partial charge is 0.324 e. The zero-order valence-corrected chi connectivity index (χ0v) is 9.03. The van der Waals surface area contributed by atoms with E-state index < -0.39 is 0 Å². The van der Waals surface area contributed by atoms with Crippen LogP contribution in [0.25, 0.3) is 0 Å². The lowest BCUT2D eigenvalue weighted by atomic mass is 10.0. The van der Waals surface area contributed by atoms with Crippen molar-refractivity contribution in [2.24, 2.45) is 5.73 Å². The minimum absolute atomic E-state index is 0.119. The first-order valence-corrected chi connectivity index (χ1v) is 5.71. The monoisotopic (exact) mass is 179 g/mol. The molecule has 0 fully saturated rings. The average Bonchev–Trinajstić information content (AvgIpc) is 1.84. The Bertz CT molecular complexity index is 103. The molecule has 0 aromatic carbocycles. The van der Waals surface area contributed by atoms with Gasteiger partial charge in [-0.05, 0) is 33.3 Å². The molecule has 0 spiro atoms. The van der Waals surface area contributed by atoms with Crippen LogP contribution in [0.4, 0.5) is 0 Å². The molecule has 0 atom stereocenters. The predicted molar refractivity (Wildman–Crippen MR) is 53.7 cm³/mol. The van der Waals surface area contributed by atoms with E-state index in [-0.39, 0.29) is 9.62 Å². The van der Waals surface area contributed by atoms with Crippen molar-refractivity contribution in [1.29, 1.82) is 0 Å². The lowest BCUT2D eigenvalue weighted by molar-refractivity contribution is 0.488. The quantitative estimate of drug-likeness (QED) is 0.672. The minimum atomic E-state index is -0.119. The molecule has 0 heterocycles. The summed E-state index contributed by atoms with van der Waals surface area (Å²) in [6.45, 7) is 6.32. The Hall–Kier alpha value is 0.660. The van der Waals surface area contributed by atoms with Crippen molar-refractivity contribution in [2.75, 3.05) is 12.5 Å². The summed E-state index contributed by atoms with van der Waals surface area (Å²) in [5.74, 6) is 0. The molecule has 0 aliphatic carbocycles. The van der Waals surface area contributed by atoms with Gasteiger partial charge in [0.2, 0.25) is 0 Å². The standard InChI is InChI=1S/C7H17NS2/c1-6(2,8)7(3,9-4)10-5/h8H2,1-5H3. The van der Waals surface area contributed by atoms with Crippen LogP contribution in [-0.2, 0) is 0 Å². The Morgan fingerprint density at radius 3 is 1.30 bits per heavy atom. The minimum Gasteiger partial charge on any atom is -0.324 e. The Morgan fingerprint density at radius 2 is 1.30 bits per heavy atom. The highest BCUT2D eigenvalue weighted by atomic mass is 32.2. The van der Waals surface area contributed by atoms with Gasteiger partial charge in [-0.1, -0.05) is 0 Å². The van der Waals surface area contributed by atoms with Crippen molar-refractivity contribution in [1.82, 2.24) is 0 Å². The van der Waals surface area contributed by atoms with E-state index in [0.29, 0.717) is 0 Å². The number of thioether (sulfide) groups is 2. The molecular formula is C7H17NS2. The Labute approximate surface area is 72.5 Å². The first kappa shape index (κ1) is 10.7. The van der Waals surface area contributed by atoms with E-state index in [9.17, 15) is 0 Å². The maximum Gasteiger partial charge on any atom is 0.0750 e. The van der Waals surface area contributed by atoms with E-state index in [1.807, 2.05) is 23.5 Å². The molecule has 0 bridgehead atoms. The van der Waals surface area contributed by atoms with Crippen molar-refractivity contribution in [2.45, 2.75) is 30.4 Å². The van der Waals surface area contributed by atoms with Gasteiger partial charge in [-0.25, -0.2) is 0 Å². The van der Waals surface area contributed by atoms with Gasteiger partial charge in [-0.15, -0.1) is 23.5 Å².